The lowest BCUT2D eigenvalue weighted by Gasteiger charge is -2.09. The molecule has 1 aromatic heterocycles. The van der Waals surface area contributed by atoms with Crippen molar-refractivity contribution in [1.29, 1.82) is 0 Å². The van der Waals surface area contributed by atoms with Gasteiger partial charge in [0.15, 0.2) is 0 Å². The average Bonchev–Trinajstić information content (AvgIpc) is 2.91. The normalized spacial score (nSPS) is 11.5. The maximum absolute atomic E-state index is 12.8. The number of hydrogen-bond donors (Lipinski definition) is 1. The predicted octanol–water partition coefficient (Wildman–Crippen LogP) is 5.73. The molecule has 10 heteroatoms. The van der Waals surface area contributed by atoms with Gasteiger partial charge >= 0.3 is 6.18 Å². The quantitative estimate of drug-likeness (QED) is 0.450. The van der Waals surface area contributed by atoms with Crippen LogP contribution in [0.4, 0.5) is 24.5 Å². The smallest absolute Gasteiger partial charge is 0.321 e. The van der Waals surface area contributed by atoms with Gasteiger partial charge in [0.25, 0.3) is 11.6 Å². The molecule has 0 atom stereocenters. The maximum atomic E-state index is 12.8. The van der Waals surface area contributed by atoms with Crippen molar-refractivity contribution in [2.45, 2.75) is 6.18 Å². The van der Waals surface area contributed by atoms with Gasteiger partial charge in [-0.15, -0.1) is 11.3 Å². The van der Waals surface area contributed by atoms with E-state index in [1.807, 2.05) is 0 Å². The summed E-state index contributed by atoms with van der Waals surface area (Å²) in [7, 11) is 0. The standard InChI is InChI=1S/C16H8ClF3N2O3S/c17-12-10-5-2-6-11(22(24)25)13(10)26-14(12)15(23)21-9-4-1-3-8(7-9)16(18,19)20/h1-7H,(H,21,23). The van der Waals surface area contributed by atoms with E-state index in [4.69, 9.17) is 11.6 Å². The molecule has 5 nitrogen and oxygen atoms in total. The number of alkyl halides is 3. The van der Waals surface area contributed by atoms with E-state index in [0.717, 1.165) is 29.5 Å². The first-order valence-electron chi connectivity index (χ1n) is 7.02. The van der Waals surface area contributed by atoms with E-state index in [-0.39, 0.29) is 26.0 Å². The van der Waals surface area contributed by atoms with E-state index in [1.165, 1.54) is 24.3 Å². The number of nitrogens with one attached hydrogen (secondary N) is 1. The van der Waals surface area contributed by atoms with Crippen LogP contribution < -0.4 is 5.32 Å². The van der Waals surface area contributed by atoms with E-state index in [2.05, 4.69) is 5.32 Å². The number of fused-ring (bicyclic) bond motifs is 1. The molecule has 0 spiro atoms. The Hall–Kier alpha value is -2.65. The molecule has 0 aliphatic rings. The summed E-state index contributed by atoms with van der Waals surface area (Å²) in [6, 6.07) is 8.39. The molecule has 3 aromatic rings. The van der Waals surface area contributed by atoms with Crippen molar-refractivity contribution in [3.63, 3.8) is 0 Å². The second kappa shape index (κ2) is 6.58. The fourth-order valence-electron chi connectivity index (χ4n) is 2.33. The molecule has 0 saturated carbocycles. The number of non-ortho nitro benzene ring substituents is 1. The number of carbonyl (C=O) groups excluding carboxylic acids is 1. The summed E-state index contributed by atoms with van der Waals surface area (Å²) in [6.07, 6.45) is -4.55. The number of carbonyl (C=O) groups is 1. The number of rotatable bonds is 3. The summed E-state index contributed by atoms with van der Waals surface area (Å²) in [4.78, 5) is 22.9. The number of nitrogens with zero attached hydrogens (tertiary/aromatic N) is 1. The minimum Gasteiger partial charge on any atom is -0.321 e. The van der Waals surface area contributed by atoms with Gasteiger partial charge in [0.2, 0.25) is 0 Å². The number of hydrogen-bond acceptors (Lipinski definition) is 4. The van der Waals surface area contributed by atoms with Crippen LogP contribution >= 0.6 is 22.9 Å². The lowest BCUT2D eigenvalue weighted by Crippen LogP contribution is -2.12. The molecule has 1 heterocycles. The summed E-state index contributed by atoms with van der Waals surface area (Å²) >= 11 is 6.95. The lowest BCUT2D eigenvalue weighted by molar-refractivity contribution is -0.382. The predicted molar refractivity (Wildman–Crippen MR) is 92.9 cm³/mol. The van der Waals surface area contributed by atoms with Gasteiger partial charge in [0.05, 0.1) is 15.5 Å². The number of benzene rings is 2. The Labute approximate surface area is 153 Å². The van der Waals surface area contributed by atoms with Crippen LogP contribution in [-0.2, 0) is 6.18 Å². The number of amides is 1. The molecule has 0 saturated heterocycles. The molecule has 0 aliphatic carbocycles. The van der Waals surface area contributed by atoms with Gasteiger partial charge in [-0.05, 0) is 18.2 Å². The molecule has 26 heavy (non-hydrogen) atoms. The Bertz CT molecular complexity index is 1030. The highest BCUT2D eigenvalue weighted by Crippen LogP contribution is 2.40. The van der Waals surface area contributed by atoms with Crippen LogP contribution in [0.1, 0.15) is 15.2 Å². The molecule has 1 amide bonds. The molecule has 1 N–H and O–H groups in total. The van der Waals surface area contributed by atoms with Gasteiger partial charge in [-0.1, -0.05) is 29.8 Å². The zero-order chi connectivity index (χ0) is 19.1. The van der Waals surface area contributed by atoms with Crippen molar-refractivity contribution in [2.24, 2.45) is 0 Å². The molecular weight excluding hydrogens is 393 g/mol. The first-order valence-corrected chi connectivity index (χ1v) is 8.22. The van der Waals surface area contributed by atoms with Crippen molar-refractivity contribution in [1.82, 2.24) is 0 Å². The van der Waals surface area contributed by atoms with Crippen LogP contribution in [0.3, 0.4) is 0 Å². The maximum Gasteiger partial charge on any atom is 0.416 e. The minimum absolute atomic E-state index is 0.0122. The van der Waals surface area contributed by atoms with E-state index < -0.39 is 22.6 Å². The van der Waals surface area contributed by atoms with Crippen LogP contribution in [0.5, 0.6) is 0 Å². The van der Waals surface area contributed by atoms with Gasteiger partial charge in [-0.25, -0.2) is 0 Å². The highest BCUT2D eigenvalue weighted by molar-refractivity contribution is 7.22. The largest absolute Gasteiger partial charge is 0.416 e. The first kappa shape index (κ1) is 18.2. The molecule has 0 fully saturated rings. The van der Waals surface area contributed by atoms with E-state index in [0.29, 0.717) is 5.39 Å². The number of nitro groups is 1. The van der Waals surface area contributed by atoms with Crippen molar-refractivity contribution < 1.29 is 22.9 Å². The average molecular weight is 401 g/mol. The summed E-state index contributed by atoms with van der Waals surface area (Å²) in [5.41, 5.74) is -1.17. The van der Waals surface area contributed by atoms with Crippen LogP contribution in [0.25, 0.3) is 10.1 Å². The third-order valence-corrected chi connectivity index (χ3v) is 5.22. The molecule has 0 unspecified atom stereocenters. The summed E-state index contributed by atoms with van der Waals surface area (Å²) in [5, 5.41) is 13.8. The topological polar surface area (TPSA) is 72.2 Å². The van der Waals surface area contributed by atoms with E-state index in [9.17, 15) is 28.1 Å². The Morgan fingerprint density at radius 3 is 2.54 bits per heavy atom. The van der Waals surface area contributed by atoms with Crippen molar-refractivity contribution in [2.75, 3.05) is 5.32 Å². The van der Waals surface area contributed by atoms with Crippen LogP contribution in [-0.4, -0.2) is 10.8 Å². The third-order valence-electron chi connectivity index (χ3n) is 3.48. The number of halogens is 4. The highest BCUT2D eigenvalue weighted by atomic mass is 35.5. The Balaban J connectivity index is 1.98. The summed E-state index contributed by atoms with van der Waals surface area (Å²) < 4.78 is 38.5. The lowest BCUT2D eigenvalue weighted by atomic mass is 10.2. The third kappa shape index (κ3) is 3.35. The molecular formula is C16H8ClF3N2O3S. The van der Waals surface area contributed by atoms with Crippen LogP contribution in [0.15, 0.2) is 42.5 Å². The monoisotopic (exact) mass is 400 g/mol. The second-order valence-corrected chi connectivity index (χ2v) is 6.59. The molecule has 0 aliphatic heterocycles. The minimum atomic E-state index is -4.55. The van der Waals surface area contributed by atoms with E-state index in [1.54, 1.807) is 0 Å². The zero-order valence-corrected chi connectivity index (χ0v) is 14.2. The van der Waals surface area contributed by atoms with Gasteiger partial charge in [-0.3, -0.25) is 14.9 Å². The van der Waals surface area contributed by atoms with Crippen LogP contribution in [0, 0.1) is 10.1 Å². The molecule has 3 rings (SSSR count). The van der Waals surface area contributed by atoms with Gasteiger partial charge in [0.1, 0.15) is 9.58 Å². The first-order chi connectivity index (χ1) is 12.2. The molecule has 0 bridgehead atoms. The molecule has 2 aromatic carbocycles. The molecule has 0 radical (unpaired) electrons. The van der Waals surface area contributed by atoms with Gasteiger partial charge < -0.3 is 5.32 Å². The number of anilines is 1. The highest BCUT2D eigenvalue weighted by Gasteiger charge is 2.30. The second-order valence-electron chi connectivity index (χ2n) is 5.19. The van der Waals surface area contributed by atoms with Crippen molar-refractivity contribution in [3.8, 4) is 0 Å². The fraction of sp³-hybridized carbons (Fsp3) is 0.0625. The Kier molecular flexibility index (Phi) is 4.59. The van der Waals surface area contributed by atoms with Crippen LogP contribution in [0.2, 0.25) is 5.02 Å². The number of nitro benzene ring substituents is 1. The molecule has 134 valence electrons. The van der Waals surface area contributed by atoms with E-state index >= 15 is 0 Å². The zero-order valence-electron chi connectivity index (χ0n) is 12.6. The van der Waals surface area contributed by atoms with Gasteiger partial charge in [0, 0.05) is 17.1 Å². The van der Waals surface area contributed by atoms with Gasteiger partial charge in [-0.2, -0.15) is 13.2 Å². The Morgan fingerprint density at radius 1 is 1.19 bits per heavy atom. The van der Waals surface area contributed by atoms with Crippen molar-refractivity contribution >= 4 is 50.3 Å². The SMILES string of the molecule is O=C(Nc1cccc(C(F)(F)F)c1)c1sc2c([N+](=O)[O-])cccc2c1Cl. The Morgan fingerprint density at radius 2 is 1.88 bits per heavy atom. The van der Waals surface area contributed by atoms with Crippen molar-refractivity contribution in [3.05, 3.63) is 68.0 Å². The summed E-state index contributed by atoms with van der Waals surface area (Å²) in [5.74, 6) is -0.746. The number of thiophene rings is 1. The summed E-state index contributed by atoms with van der Waals surface area (Å²) in [6.45, 7) is 0. The fourth-order valence-corrected chi connectivity index (χ4v) is 3.81.